The van der Waals surface area contributed by atoms with E-state index in [0.29, 0.717) is 12.0 Å². The minimum Gasteiger partial charge on any atom is -0.316 e. The Hall–Kier alpha value is -0.890. The lowest BCUT2D eigenvalue weighted by Gasteiger charge is -2.37. The van der Waals surface area contributed by atoms with E-state index in [2.05, 4.69) is 29.5 Å². The second-order valence-corrected chi connectivity index (χ2v) is 5.20. The highest BCUT2D eigenvalue weighted by atomic mass is 14.9. The van der Waals surface area contributed by atoms with Crippen LogP contribution in [0.2, 0.25) is 0 Å². The number of hydrogen-bond acceptors (Lipinski definition) is 2. The summed E-state index contributed by atoms with van der Waals surface area (Å²) in [6.07, 6.45) is 8.69. The fourth-order valence-electron chi connectivity index (χ4n) is 3.36. The number of rotatable bonds is 3. The molecule has 3 rings (SSSR count). The van der Waals surface area contributed by atoms with Gasteiger partial charge in [0.25, 0.3) is 0 Å². The molecule has 0 amide bonds. The third-order valence-corrected chi connectivity index (χ3v) is 4.43. The monoisotopic (exact) mass is 216 g/mol. The Labute approximate surface area is 97.5 Å². The Morgan fingerprint density at radius 1 is 1.38 bits per heavy atom. The Morgan fingerprint density at radius 3 is 2.94 bits per heavy atom. The second kappa shape index (κ2) is 4.17. The van der Waals surface area contributed by atoms with Gasteiger partial charge in [-0.1, -0.05) is 12.5 Å². The van der Waals surface area contributed by atoms with Gasteiger partial charge in [0.15, 0.2) is 0 Å². The maximum absolute atomic E-state index is 4.61. The molecule has 1 aromatic rings. The highest BCUT2D eigenvalue weighted by molar-refractivity contribution is 5.30. The Balaban J connectivity index is 1.84. The van der Waals surface area contributed by atoms with Gasteiger partial charge in [0.05, 0.1) is 0 Å². The first-order chi connectivity index (χ1) is 7.90. The molecule has 2 nitrogen and oxygen atoms in total. The van der Waals surface area contributed by atoms with E-state index < -0.39 is 0 Å². The number of fused-ring (bicyclic) bond motifs is 1. The van der Waals surface area contributed by atoms with E-state index in [-0.39, 0.29) is 0 Å². The molecular weight excluding hydrogens is 196 g/mol. The van der Waals surface area contributed by atoms with Gasteiger partial charge in [-0.05, 0) is 50.3 Å². The molecule has 0 spiro atoms. The molecular formula is C14H20N2. The third-order valence-electron chi connectivity index (χ3n) is 4.43. The molecule has 2 heteroatoms. The molecule has 2 unspecified atom stereocenters. The number of aryl methyl sites for hydroxylation is 1. The molecule has 1 saturated carbocycles. The molecule has 2 aliphatic carbocycles. The number of pyridine rings is 1. The quantitative estimate of drug-likeness (QED) is 0.839. The summed E-state index contributed by atoms with van der Waals surface area (Å²) in [5.74, 6) is 1.55. The largest absolute Gasteiger partial charge is 0.316 e. The van der Waals surface area contributed by atoms with Crippen LogP contribution in [-0.2, 0) is 6.42 Å². The molecule has 16 heavy (non-hydrogen) atoms. The topological polar surface area (TPSA) is 24.9 Å². The van der Waals surface area contributed by atoms with Gasteiger partial charge in [-0.3, -0.25) is 4.98 Å². The summed E-state index contributed by atoms with van der Waals surface area (Å²) in [6, 6.07) is 4.97. The maximum atomic E-state index is 4.61. The zero-order valence-electron chi connectivity index (χ0n) is 9.95. The first-order valence-corrected chi connectivity index (χ1v) is 6.51. The molecule has 1 heterocycles. The van der Waals surface area contributed by atoms with Gasteiger partial charge in [-0.15, -0.1) is 0 Å². The zero-order chi connectivity index (χ0) is 11.0. The SMILES string of the molecule is CNC(C1CCC1)C1CCc2cccnc21. The van der Waals surface area contributed by atoms with E-state index in [1.54, 1.807) is 0 Å². The van der Waals surface area contributed by atoms with Crippen molar-refractivity contribution in [3.05, 3.63) is 29.6 Å². The number of hydrogen-bond donors (Lipinski definition) is 1. The molecule has 0 aliphatic heterocycles. The van der Waals surface area contributed by atoms with Crippen molar-refractivity contribution in [2.75, 3.05) is 7.05 Å². The summed E-state index contributed by atoms with van der Waals surface area (Å²) in [6.45, 7) is 0. The molecule has 0 saturated heterocycles. The smallest absolute Gasteiger partial charge is 0.0482 e. The molecule has 1 fully saturated rings. The van der Waals surface area contributed by atoms with E-state index in [1.165, 1.54) is 43.4 Å². The first kappa shape index (κ1) is 10.3. The van der Waals surface area contributed by atoms with Gasteiger partial charge < -0.3 is 5.32 Å². The van der Waals surface area contributed by atoms with E-state index in [0.717, 1.165) is 5.92 Å². The van der Waals surface area contributed by atoms with Crippen molar-refractivity contribution in [3.63, 3.8) is 0 Å². The minimum atomic E-state index is 0.657. The summed E-state index contributed by atoms with van der Waals surface area (Å²) >= 11 is 0. The standard InChI is InChI=1S/C14H20N2/c1-15-13(10-4-2-5-10)12-8-7-11-6-3-9-16-14(11)12/h3,6,9-10,12-13,15H,2,4-5,7-8H2,1H3. The summed E-state index contributed by atoms with van der Waals surface area (Å²) < 4.78 is 0. The molecule has 2 atom stereocenters. The van der Waals surface area contributed by atoms with Crippen molar-refractivity contribution in [1.29, 1.82) is 0 Å². The summed E-state index contributed by atoms with van der Waals surface area (Å²) in [4.78, 5) is 4.61. The van der Waals surface area contributed by atoms with Crippen molar-refractivity contribution >= 4 is 0 Å². The van der Waals surface area contributed by atoms with Gasteiger partial charge in [-0.25, -0.2) is 0 Å². The van der Waals surface area contributed by atoms with Crippen LogP contribution in [0.1, 0.15) is 42.9 Å². The highest BCUT2D eigenvalue weighted by Gasteiger charge is 2.36. The van der Waals surface area contributed by atoms with E-state index in [1.807, 2.05) is 6.20 Å². The van der Waals surface area contributed by atoms with Crippen molar-refractivity contribution in [2.45, 2.75) is 44.1 Å². The maximum Gasteiger partial charge on any atom is 0.0482 e. The molecule has 0 bridgehead atoms. The van der Waals surface area contributed by atoms with E-state index >= 15 is 0 Å². The van der Waals surface area contributed by atoms with Crippen molar-refractivity contribution < 1.29 is 0 Å². The van der Waals surface area contributed by atoms with E-state index in [9.17, 15) is 0 Å². The Morgan fingerprint density at radius 2 is 2.25 bits per heavy atom. The molecule has 0 aromatic carbocycles. The summed E-state index contributed by atoms with van der Waals surface area (Å²) in [5, 5.41) is 3.55. The fraction of sp³-hybridized carbons (Fsp3) is 0.643. The molecule has 1 N–H and O–H groups in total. The molecule has 1 aromatic heterocycles. The van der Waals surface area contributed by atoms with Crippen LogP contribution in [0.4, 0.5) is 0 Å². The normalized spacial score (nSPS) is 26.2. The van der Waals surface area contributed by atoms with Gasteiger partial charge in [-0.2, -0.15) is 0 Å². The Bertz CT molecular complexity index is 371. The average molecular weight is 216 g/mol. The third kappa shape index (κ3) is 1.56. The van der Waals surface area contributed by atoms with Crippen LogP contribution in [0.25, 0.3) is 0 Å². The molecule has 0 radical (unpaired) electrons. The fourth-order valence-corrected chi connectivity index (χ4v) is 3.36. The summed E-state index contributed by atoms with van der Waals surface area (Å²) in [7, 11) is 2.12. The van der Waals surface area contributed by atoms with Gasteiger partial charge in [0, 0.05) is 23.9 Å². The van der Waals surface area contributed by atoms with Crippen LogP contribution in [0, 0.1) is 5.92 Å². The predicted molar refractivity (Wildman–Crippen MR) is 65.5 cm³/mol. The van der Waals surface area contributed by atoms with Crippen LogP contribution >= 0.6 is 0 Å². The average Bonchev–Trinajstić information content (AvgIpc) is 2.67. The van der Waals surface area contributed by atoms with E-state index in [4.69, 9.17) is 0 Å². The number of likely N-dealkylation sites (N-methyl/N-ethyl adjacent to an activating group) is 1. The Kier molecular flexibility index (Phi) is 2.68. The minimum absolute atomic E-state index is 0.657. The lowest BCUT2D eigenvalue weighted by molar-refractivity contribution is 0.209. The lowest BCUT2D eigenvalue weighted by atomic mass is 9.74. The van der Waals surface area contributed by atoms with Crippen LogP contribution in [0.3, 0.4) is 0 Å². The van der Waals surface area contributed by atoms with Gasteiger partial charge in [0.1, 0.15) is 0 Å². The van der Waals surface area contributed by atoms with Crippen LogP contribution in [0.5, 0.6) is 0 Å². The second-order valence-electron chi connectivity index (χ2n) is 5.20. The predicted octanol–water partition coefficient (Wildman–Crippen LogP) is 2.50. The molecule has 86 valence electrons. The van der Waals surface area contributed by atoms with Crippen molar-refractivity contribution in [3.8, 4) is 0 Å². The number of nitrogens with one attached hydrogen (secondary N) is 1. The van der Waals surface area contributed by atoms with Crippen molar-refractivity contribution in [2.24, 2.45) is 5.92 Å². The molecule has 2 aliphatic rings. The lowest BCUT2D eigenvalue weighted by Crippen LogP contribution is -2.41. The highest BCUT2D eigenvalue weighted by Crippen LogP contribution is 2.41. The zero-order valence-corrected chi connectivity index (χ0v) is 9.95. The van der Waals surface area contributed by atoms with Crippen molar-refractivity contribution in [1.82, 2.24) is 10.3 Å². The van der Waals surface area contributed by atoms with Gasteiger partial charge >= 0.3 is 0 Å². The van der Waals surface area contributed by atoms with Crippen LogP contribution in [0.15, 0.2) is 18.3 Å². The first-order valence-electron chi connectivity index (χ1n) is 6.51. The van der Waals surface area contributed by atoms with Crippen LogP contribution in [-0.4, -0.2) is 18.1 Å². The van der Waals surface area contributed by atoms with Crippen LogP contribution < -0.4 is 5.32 Å². The number of nitrogens with zero attached hydrogens (tertiary/aromatic N) is 1. The number of aromatic nitrogens is 1. The summed E-state index contributed by atoms with van der Waals surface area (Å²) in [5.41, 5.74) is 2.85. The van der Waals surface area contributed by atoms with Gasteiger partial charge in [0.2, 0.25) is 0 Å².